The molecular weight excluding hydrogens is 438 g/mol. The van der Waals surface area contributed by atoms with E-state index >= 15 is 0 Å². The number of ether oxygens (including phenoxy) is 2. The zero-order valence-corrected chi connectivity index (χ0v) is 19.4. The van der Waals surface area contributed by atoms with Crippen LogP contribution in [0.5, 0.6) is 11.5 Å². The Balaban J connectivity index is 1.39. The predicted octanol–water partition coefficient (Wildman–Crippen LogP) is 4.03. The molecule has 0 aliphatic carbocycles. The first-order valence-corrected chi connectivity index (χ1v) is 11.5. The number of amides is 1. The lowest BCUT2D eigenvalue weighted by atomic mass is 10.0. The third-order valence-corrected chi connectivity index (χ3v) is 6.07. The highest BCUT2D eigenvalue weighted by Gasteiger charge is 2.17. The Morgan fingerprint density at radius 1 is 1.06 bits per heavy atom. The molecule has 0 saturated heterocycles. The van der Waals surface area contributed by atoms with Gasteiger partial charge in [0.2, 0.25) is 5.91 Å². The van der Waals surface area contributed by atoms with Crippen LogP contribution in [-0.4, -0.2) is 35.2 Å². The van der Waals surface area contributed by atoms with Gasteiger partial charge in [-0.3, -0.25) is 14.2 Å². The molecule has 0 fully saturated rings. The van der Waals surface area contributed by atoms with Crippen LogP contribution in [0, 0.1) is 6.92 Å². The van der Waals surface area contributed by atoms with Crippen LogP contribution in [0.25, 0.3) is 21.3 Å². The van der Waals surface area contributed by atoms with Gasteiger partial charge in [-0.1, -0.05) is 30.3 Å². The topological polar surface area (TPSA) is 82.4 Å². The molecule has 1 amide bonds. The average Bonchev–Trinajstić information content (AvgIpc) is 3.17. The standard InChI is InChI=1S/C25H25N3O4S/c1-3-31-19-9-11-20(12-10-19)32-14-13-26-21(29)15-28-16-27-24-23(25(28)30)22(17(2)33-24)18-7-5-4-6-8-18/h4-12,16H,3,13-15H2,1-2H3,(H,26,29). The second-order valence-corrected chi connectivity index (χ2v) is 8.56. The van der Waals surface area contributed by atoms with Gasteiger partial charge in [0.05, 0.1) is 24.9 Å². The molecule has 0 atom stereocenters. The highest BCUT2D eigenvalue weighted by molar-refractivity contribution is 7.19. The van der Waals surface area contributed by atoms with Crippen LogP contribution in [0.4, 0.5) is 0 Å². The Kier molecular flexibility index (Phi) is 7.04. The molecule has 2 aromatic carbocycles. The maximum atomic E-state index is 13.2. The molecule has 0 aliphatic heterocycles. The molecule has 0 radical (unpaired) electrons. The number of hydrogen-bond donors (Lipinski definition) is 1. The summed E-state index contributed by atoms with van der Waals surface area (Å²) in [6.07, 6.45) is 1.44. The maximum absolute atomic E-state index is 13.2. The smallest absolute Gasteiger partial charge is 0.263 e. The third-order valence-electron chi connectivity index (χ3n) is 5.06. The summed E-state index contributed by atoms with van der Waals surface area (Å²) in [5, 5.41) is 3.34. The number of aromatic nitrogens is 2. The van der Waals surface area contributed by atoms with Crippen molar-refractivity contribution in [2.45, 2.75) is 20.4 Å². The van der Waals surface area contributed by atoms with E-state index in [1.165, 1.54) is 22.2 Å². The van der Waals surface area contributed by atoms with Crippen LogP contribution in [0.15, 0.2) is 65.7 Å². The van der Waals surface area contributed by atoms with Crippen molar-refractivity contribution in [1.29, 1.82) is 0 Å². The molecule has 7 nitrogen and oxygen atoms in total. The van der Waals surface area contributed by atoms with Crippen molar-refractivity contribution in [1.82, 2.24) is 14.9 Å². The monoisotopic (exact) mass is 463 g/mol. The summed E-state index contributed by atoms with van der Waals surface area (Å²) in [6, 6.07) is 17.1. The number of nitrogens with one attached hydrogen (secondary N) is 1. The molecule has 8 heteroatoms. The van der Waals surface area contributed by atoms with Gasteiger partial charge in [0.25, 0.3) is 5.56 Å². The van der Waals surface area contributed by atoms with Crippen LogP contribution >= 0.6 is 11.3 Å². The molecule has 0 aliphatic rings. The number of carbonyl (C=O) groups is 1. The van der Waals surface area contributed by atoms with Gasteiger partial charge in [-0.05, 0) is 43.7 Å². The predicted molar refractivity (Wildman–Crippen MR) is 130 cm³/mol. The molecule has 2 heterocycles. The summed E-state index contributed by atoms with van der Waals surface area (Å²) in [5.74, 6) is 1.20. The SMILES string of the molecule is CCOc1ccc(OCCNC(=O)Cn2cnc3sc(C)c(-c4ccccc4)c3c2=O)cc1. The molecule has 4 aromatic rings. The van der Waals surface area contributed by atoms with Gasteiger partial charge in [0.15, 0.2) is 0 Å². The second-order valence-electron chi connectivity index (χ2n) is 7.36. The van der Waals surface area contributed by atoms with Crippen LogP contribution < -0.4 is 20.3 Å². The average molecular weight is 464 g/mol. The number of fused-ring (bicyclic) bond motifs is 1. The van der Waals surface area contributed by atoms with Crippen molar-refractivity contribution in [2.75, 3.05) is 19.8 Å². The fourth-order valence-corrected chi connectivity index (χ4v) is 4.57. The van der Waals surface area contributed by atoms with E-state index in [-0.39, 0.29) is 18.0 Å². The van der Waals surface area contributed by atoms with E-state index in [1.54, 1.807) is 0 Å². The minimum Gasteiger partial charge on any atom is -0.494 e. The fraction of sp³-hybridized carbons (Fsp3) is 0.240. The minimum atomic E-state index is -0.276. The van der Waals surface area contributed by atoms with Crippen molar-refractivity contribution < 1.29 is 14.3 Å². The highest BCUT2D eigenvalue weighted by Crippen LogP contribution is 2.35. The van der Waals surface area contributed by atoms with E-state index in [0.29, 0.717) is 35.7 Å². The van der Waals surface area contributed by atoms with Gasteiger partial charge in [-0.15, -0.1) is 11.3 Å². The second kappa shape index (κ2) is 10.3. The van der Waals surface area contributed by atoms with Crippen molar-refractivity contribution >= 4 is 27.5 Å². The molecule has 0 saturated carbocycles. The fourth-order valence-electron chi connectivity index (χ4n) is 3.57. The number of hydrogen-bond acceptors (Lipinski definition) is 6. The van der Waals surface area contributed by atoms with Crippen molar-refractivity contribution in [3.8, 4) is 22.6 Å². The van der Waals surface area contributed by atoms with E-state index in [1.807, 2.05) is 68.4 Å². The first-order valence-electron chi connectivity index (χ1n) is 10.7. The number of benzene rings is 2. The molecule has 2 aromatic heterocycles. The van der Waals surface area contributed by atoms with Crippen LogP contribution in [0.3, 0.4) is 0 Å². The number of aryl methyl sites for hydroxylation is 1. The molecular formula is C25H25N3O4S. The first-order chi connectivity index (χ1) is 16.1. The molecule has 1 N–H and O–H groups in total. The molecule has 0 spiro atoms. The van der Waals surface area contributed by atoms with Crippen LogP contribution in [-0.2, 0) is 11.3 Å². The normalized spacial score (nSPS) is 10.8. The van der Waals surface area contributed by atoms with Gasteiger partial charge < -0.3 is 14.8 Å². The Bertz CT molecular complexity index is 1300. The number of nitrogens with zero attached hydrogens (tertiary/aromatic N) is 2. The van der Waals surface area contributed by atoms with E-state index in [0.717, 1.165) is 21.8 Å². The minimum absolute atomic E-state index is 0.103. The van der Waals surface area contributed by atoms with Crippen molar-refractivity contribution in [3.63, 3.8) is 0 Å². The lowest BCUT2D eigenvalue weighted by Gasteiger charge is -2.10. The summed E-state index contributed by atoms with van der Waals surface area (Å²) < 4.78 is 12.4. The summed E-state index contributed by atoms with van der Waals surface area (Å²) >= 11 is 1.48. The summed E-state index contributed by atoms with van der Waals surface area (Å²) in [4.78, 5) is 31.7. The number of thiophene rings is 1. The summed E-state index contributed by atoms with van der Waals surface area (Å²) in [6.45, 7) is 5.05. The molecule has 0 bridgehead atoms. The van der Waals surface area contributed by atoms with Gasteiger partial charge in [0.1, 0.15) is 29.5 Å². The molecule has 0 unspecified atom stereocenters. The zero-order valence-electron chi connectivity index (χ0n) is 18.5. The molecule has 170 valence electrons. The summed E-state index contributed by atoms with van der Waals surface area (Å²) in [7, 11) is 0. The number of carbonyl (C=O) groups excluding carboxylic acids is 1. The lowest BCUT2D eigenvalue weighted by molar-refractivity contribution is -0.121. The molecule has 33 heavy (non-hydrogen) atoms. The maximum Gasteiger partial charge on any atom is 0.263 e. The quantitative estimate of drug-likeness (QED) is 0.379. The first kappa shape index (κ1) is 22.5. The lowest BCUT2D eigenvalue weighted by Crippen LogP contribution is -2.34. The Morgan fingerprint density at radius 2 is 1.76 bits per heavy atom. The Hall–Kier alpha value is -3.65. The van der Waals surface area contributed by atoms with E-state index in [2.05, 4.69) is 10.3 Å². The largest absolute Gasteiger partial charge is 0.494 e. The van der Waals surface area contributed by atoms with Gasteiger partial charge >= 0.3 is 0 Å². The Labute approximate surface area is 195 Å². The van der Waals surface area contributed by atoms with Crippen molar-refractivity contribution in [3.05, 3.63) is 76.2 Å². The Morgan fingerprint density at radius 3 is 2.45 bits per heavy atom. The zero-order chi connectivity index (χ0) is 23.2. The highest BCUT2D eigenvalue weighted by atomic mass is 32.1. The van der Waals surface area contributed by atoms with E-state index in [9.17, 15) is 9.59 Å². The van der Waals surface area contributed by atoms with E-state index < -0.39 is 0 Å². The van der Waals surface area contributed by atoms with Crippen molar-refractivity contribution in [2.24, 2.45) is 0 Å². The summed E-state index contributed by atoms with van der Waals surface area (Å²) in [5.41, 5.74) is 1.63. The van der Waals surface area contributed by atoms with Gasteiger partial charge in [0, 0.05) is 10.4 Å². The third kappa shape index (κ3) is 5.23. The van der Waals surface area contributed by atoms with Gasteiger partial charge in [-0.25, -0.2) is 4.98 Å². The van der Waals surface area contributed by atoms with E-state index in [4.69, 9.17) is 9.47 Å². The molecule has 4 rings (SSSR count). The van der Waals surface area contributed by atoms with Crippen LogP contribution in [0.2, 0.25) is 0 Å². The number of rotatable bonds is 9. The van der Waals surface area contributed by atoms with Crippen LogP contribution in [0.1, 0.15) is 11.8 Å². The van der Waals surface area contributed by atoms with Gasteiger partial charge in [-0.2, -0.15) is 0 Å².